The van der Waals surface area contributed by atoms with Crippen molar-refractivity contribution in [1.82, 2.24) is 26.2 Å². The van der Waals surface area contributed by atoms with Crippen LogP contribution in [0.2, 0.25) is 0 Å². The first-order valence-electron chi connectivity index (χ1n) is 13.3. The second-order valence-electron chi connectivity index (χ2n) is 9.17. The van der Waals surface area contributed by atoms with Crippen LogP contribution < -0.4 is 27.0 Å². The average molecular weight is 539 g/mol. The fraction of sp³-hybridized carbons (Fsp3) is 0.720. The van der Waals surface area contributed by atoms with Crippen LogP contribution in [0.5, 0.6) is 0 Å². The molecule has 0 aromatic carbocycles. The van der Waals surface area contributed by atoms with Crippen LogP contribution >= 0.6 is 0 Å². The average Bonchev–Trinajstić information content (AvgIpc) is 3.21. The smallest absolute Gasteiger partial charge is 0.243 e. The highest BCUT2D eigenvalue weighted by Crippen LogP contribution is 2.11. The van der Waals surface area contributed by atoms with E-state index in [1.54, 1.807) is 13.8 Å². The van der Waals surface area contributed by atoms with Crippen molar-refractivity contribution in [2.75, 3.05) is 19.6 Å². The maximum atomic E-state index is 12.8. The van der Waals surface area contributed by atoms with Crippen molar-refractivity contribution < 1.29 is 33.6 Å². The highest BCUT2D eigenvalue weighted by atomic mass is 16.2. The maximum absolute atomic E-state index is 12.8. The van der Waals surface area contributed by atoms with Gasteiger partial charge in [0.05, 0.1) is 0 Å². The molecule has 0 saturated carbocycles. The van der Waals surface area contributed by atoms with E-state index >= 15 is 0 Å². The largest absolute Gasteiger partial charge is 0.368 e. The molecule has 7 amide bonds. The summed E-state index contributed by atoms with van der Waals surface area (Å²) >= 11 is 0. The first kappa shape index (κ1) is 32.5. The second-order valence-corrected chi connectivity index (χ2v) is 9.17. The van der Waals surface area contributed by atoms with Gasteiger partial charge in [-0.05, 0) is 38.5 Å². The minimum absolute atomic E-state index is 0.0211. The predicted molar refractivity (Wildman–Crippen MR) is 138 cm³/mol. The van der Waals surface area contributed by atoms with Crippen LogP contribution in [0.3, 0.4) is 0 Å². The van der Waals surface area contributed by atoms with E-state index in [0.29, 0.717) is 51.6 Å². The van der Waals surface area contributed by atoms with Crippen LogP contribution in [0.15, 0.2) is 0 Å². The zero-order chi connectivity index (χ0) is 28.5. The molecule has 214 valence electrons. The number of unbranched alkanes of at least 4 members (excludes halogenated alkanes) is 2. The second kappa shape index (κ2) is 17.9. The fourth-order valence-electron chi connectivity index (χ4n) is 3.82. The molecule has 0 radical (unpaired) electrons. The van der Waals surface area contributed by atoms with Crippen LogP contribution in [0, 0.1) is 0 Å². The molecule has 2 atom stereocenters. The van der Waals surface area contributed by atoms with Crippen molar-refractivity contribution in [2.45, 2.75) is 96.6 Å². The first-order chi connectivity index (χ1) is 18.1. The Morgan fingerprint density at radius 3 is 1.82 bits per heavy atom. The van der Waals surface area contributed by atoms with Crippen LogP contribution in [-0.2, 0) is 33.6 Å². The molecule has 2 unspecified atom stereocenters. The first-order valence-corrected chi connectivity index (χ1v) is 13.3. The number of amides is 7. The van der Waals surface area contributed by atoms with Gasteiger partial charge in [0.2, 0.25) is 41.4 Å². The van der Waals surface area contributed by atoms with Gasteiger partial charge in [-0.3, -0.25) is 38.5 Å². The van der Waals surface area contributed by atoms with Gasteiger partial charge in [-0.2, -0.15) is 0 Å². The summed E-state index contributed by atoms with van der Waals surface area (Å²) in [6, 6.07) is -1.77. The van der Waals surface area contributed by atoms with Crippen molar-refractivity contribution in [3.05, 3.63) is 0 Å². The van der Waals surface area contributed by atoms with Gasteiger partial charge in [0.25, 0.3) is 0 Å². The summed E-state index contributed by atoms with van der Waals surface area (Å²) in [6.07, 6.45) is 3.79. The molecule has 0 aromatic heterocycles. The van der Waals surface area contributed by atoms with E-state index in [9.17, 15) is 33.6 Å². The summed E-state index contributed by atoms with van der Waals surface area (Å²) in [5.41, 5.74) is 5.47. The maximum Gasteiger partial charge on any atom is 0.243 e. The number of rotatable bonds is 19. The highest BCUT2D eigenvalue weighted by Gasteiger charge is 2.29. The van der Waals surface area contributed by atoms with E-state index in [2.05, 4.69) is 21.3 Å². The number of imide groups is 1. The monoisotopic (exact) mass is 538 g/mol. The summed E-state index contributed by atoms with van der Waals surface area (Å²) in [5.74, 6) is -2.39. The molecule has 1 aliphatic heterocycles. The van der Waals surface area contributed by atoms with Gasteiger partial charge < -0.3 is 27.0 Å². The van der Waals surface area contributed by atoms with E-state index < -0.39 is 23.9 Å². The normalized spacial score (nSPS) is 14.5. The van der Waals surface area contributed by atoms with Crippen molar-refractivity contribution in [3.8, 4) is 0 Å². The number of nitrogens with two attached hydrogens (primary N) is 1. The van der Waals surface area contributed by atoms with Gasteiger partial charge in [0.1, 0.15) is 12.1 Å². The van der Waals surface area contributed by atoms with Crippen molar-refractivity contribution in [2.24, 2.45) is 5.73 Å². The molecule has 38 heavy (non-hydrogen) atoms. The Bertz CT molecular complexity index is 847. The number of carbonyl (C=O) groups excluding carboxylic acids is 7. The molecule has 1 aliphatic rings. The molecule has 1 heterocycles. The van der Waals surface area contributed by atoms with E-state index in [4.69, 9.17) is 5.73 Å². The zero-order valence-electron chi connectivity index (χ0n) is 22.4. The number of hydrogen-bond donors (Lipinski definition) is 5. The molecule has 0 spiro atoms. The van der Waals surface area contributed by atoms with Crippen molar-refractivity contribution in [1.29, 1.82) is 0 Å². The van der Waals surface area contributed by atoms with Crippen molar-refractivity contribution >= 4 is 41.4 Å². The molecular formula is C25H42N6O7. The van der Waals surface area contributed by atoms with E-state index in [0.717, 1.165) is 4.90 Å². The minimum atomic E-state index is -0.935. The lowest BCUT2D eigenvalue weighted by Crippen LogP contribution is -2.52. The van der Waals surface area contributed by atoms with E-state index in [1.165, 1.54) is 0 Å². The molecule has 1 saturated heterocycles. The Balaban J connectivity index is 2.42. The van der Waals surface area contributed by atoms with Gasteiger partial charge in [0.15, 0.2) is 0 Å². The van der Waals surface area contributed by atoms with E-state index in [-0.39, 0.29) is 68.2 Å². The quantitative estimate of drug-likeness (QED) is 0.107. The number of carbonyl (C=O) groups is 7. The SMILES string of the molecule is CCC(=O)NCCCCC(NC(=O)CC)C(=O)NC(CCCCNC(=O)CCN1C(=O)CCC1=O)C(N)=O. The third-order valence-corrected chi connectivity index (χ3v) is 6.15. The van der Waals surface area contributed by atoms with Gasteiger partial charge >= 0.3 is 0 Å². The Labute approximate surface area is 223 Å². The minimum Gasteiger partial charge on any atom is -0.368 e. The third-order valence-electron chi connectivity index (χ3n) is 6.15. The summed E-state index contributed by atoms with van der Waals surface area (Å²) in [4.78, 5) is 84.2. The molecule has 0 aliphatic carbocycles. The van der Waals surface area contributed by atoms with Crippen LogP contribution in [0.4, 0.5) is 0 Å². The van der Waals surface area contributed by atoms with Crippen LogP contribution in [0.1, 0.15) is 84.5 Å². The number of hydrogen-bond acceptors (Lipinski definition) is 7. The number of nitrogens with one attached hydrogen (secondary N) is 4. The molecule has 1 fully saturated rings. The molecule has 13 nitrogen and oxygen atoms in total. The fourth-order valence-corrected chi connectivity index (χ4v) is 3.82. The lowest BCUT2D eigenvalue weighted by molar-refractivity contribution is -0.138. The summed E-state index contributed by atoms with van der Waals surface area (Å²) in [7, 11) is 0. The lowest BCUT2D eigenvalue weighted by Gasteiger charge is -2.22. The highest BCUT2D eigenvalue weighted by molar-refractivity contribution is 6.02. The summed E-state index contributed by atoms with van der Waals surface area (Å²) in [6.45, 7) is 4.27. The van der Waals surface area contributed by atoms with Gasteiger partial charge in [-0.1, -0.05) is 13.8 Å². The number of likely N-dealkylation sites (tertiary alicyclic amines) is 1. The molecule has 6 N–H and O–H groups in total. The van der Waals surface area contributed by atoms with Crippen molar-refractivity contribution in [3.63, 3.8) is 0 Å². The Hall–Kier alpha value is -3.51. The van der Waals surface area contributed by atoms with E-state index in [1.807, 2.05) is 0 Å². The van der Waals surface area contributed by atoms with Crippen LogP contribution in [0.25, 0.3) is 0 Å². The topological polar surface area (TPSA) is 197 Å². The Morgan fingerprint density at radius 2 is 1.29 bits per heavy atom. The zero-order valence-corrected chi connectivity index (χ0v) is 22.4. The molecular weight excluding hydrogens is 496 g/mol. The predicted octanol–water partition coefficient (Wildman–Crippen LogP) is -0.627. The van der Waals surface area contributed by atoms with Crippen LogP contribution in [-0.4, -0.2) is 78.0 Å². The Morgan fingerprint density at radius 1 is 0.763 bits per heavy atom. The standard InChI is InChI=1S/C25H42N6O7/c1-3-19(32)27-14-8-6-10-18(29-20(33)4-2)25(38)30-17(24(26)37)9-5-7-15-28-21(34)13-16-31-22(35)11-12-23(31)36/h17-18H,3-16H2,1-2H3,(H2,26,37)(H,27,32)(H,28,34)(H,29,33)(H,30,38). The van der Waals surface area contributed by atoms with Gasteiger partial charge in [0, 0.05) is 51.7 Å². The molecule has 0 aromatic rings. The summed E-state index contributed by atoms with van der Waals surface area (Å²) in [5, 5.41) is 10.7. The molecule has 13 heteroatoms. The lowest BCUT2D eigenvalue weighted by atomic mass is 10.1. The number of nitrogens with zero attached hydrogens (tertiary/aromatic N) is 1. The van der Waals surface area contributed by atoms with Gasteiger partial charge in [-0.15, -0.1) is 0 Å². The molecule has 0 bridgehead atoms. The summed E-state index contributed by atoms with van der Waals surface area (Å²) < 4.78 is 0. The third kappa shape index (κ3) is 12.6. The van der Waals surface area contributed by atoms with Gasteiger partial charge in [-0.25, -0.2) is 0 Å². The molecule has 1 rings (SSSR count). The Kier molecular flexibility index (Phi) is 15.3. The number of primary amides is 1.